The van der Waals surface area contributed by atoms with Crippen molar-refractivity contribution in [3.8, 4) is 0 Å². The molecular formula is C9H12N4O3. The van der Waals surface area contributed by atoms with Crippen LogP contribution in [0.15, 0.2) is 6.33 Å². The van der Waals surface area contributed by atoms with Crippen LogP contribution in [0.2, 0.25) is 0 Å². The van der Waals surface area contributed by atoms with Crippen LogP contribution in [-0.2, 0) is 16.1 Å². The summed E-state index contributed by atoms with van der Waals surface area (Å²) in [6, 6.07) is 0. The molecule has 0 aliphatic heterocycles. The molecule has 1 amide bonds. The molecule has 1 heterocycles. The van der Waals surface area contributed by atoms with Crippen LogP contribution in [0.4, 0.5) is 0 Å². The van der Waals surface area contributed by atoms with E-state index in [1.54, 1.807) is 7.05 Å². The van der Waals surface area contributed by atoms with Gasteiger partial charge in [-0.3, -0.25) is 14.7 Å². The van der Waals surface area contributed by atoms with Crippen molar-refractivity contribution >= 4 is 11.9 Å². The lowest BCUT2D eigenvalue weighted by Crippen LogP contribution is -2.29. The van der Waals surface area contributed by atoms with Crippen molar-refractivity contribution in [1.29, 1.82) is 0 Å². The third-order valence-corrected chi connectivity index (χ3v) is 2.65. The highest BCUT2D eigenvalue weighted by atomic mass is 16.4. The van der Waals surface area contributed by atoms with Gasteiger partial charge in [0.1, 0.15) is 12.2 Å². The Labute approximate surface area is 91.5 Å². The lowest BCUT2D eigenvalue weighted by Gasteiger charge is -2.14. The number of nitrogens with zero attached hydrogens (tertiary/aromatic N) is 3. The second-order valence-electron chi connectivity index (χ2n) is 3.91. The molecule has 1 aromatic heterocycles. The van der Waals surface area contributed by atoms with Gasteiger partial charge in [0.2, 0.25) is 5.91 Å². The molecule has 2 N–H and O–H groups in total. The summed E-state index contributed by atoms with van der Waals surface area (Å²) in [4.78, 5) is 27.7. The predicted octanol–water partition coefficient (Wildman–Crippen LogP) is -0.516. The number of carbonyl (C=O) groups excluding carboxylic acids is 1. The van der Waals surface area contributed by atoms with Gasteiger partial charge < -0.3 is 10.0 Å². The van der Waals surface area contributed by atoms with Crippen LogP contribution in [-0.4, -0.2) is 44.1 Å². The second kappa shape index (κ2) is 3.92. The zero-order valence-electron chi connectivity index (χ0n) is 8.75. The average Bonchev–Trinajstić information content (AvgIpc) is 2.89. The Morgan fingerprint density at radius 1 is 1.62 bits per heavy atom. The number of aliphatic carboxylic acids is 1. The lowest BCUT2D eigenvalue weighted by molar-refractivity contribution is -0.141. The molecule has 0 saturated heterocycles. The van der Waals surface area contributed by atoms with Gasteiger partial charge in [-0.05, 0) is 6.42 Å². The van der Waals surface area contributed by atoms with Crippen molar-refractivity contribution in [1.82, 2.24) is 20.1 Å². The maximum absolute atomic E-state index is 11.7. The Balaban J connectivity index is 1.89. The lowest BCUT2D eigenvalue weighted by atomic mass is 10.3. The highest BCUT2D eigenvalue weighted by molar-refractivity contribution is 5.89. The zero-order chi connectivity index (χ0) is 11.7. The van der Waals surface area contributed by atoms with E-state index in [2.05, 4.69) is 15.2 Å². The topological polar surface area (TPSA) is 99.2 Å². The van der Waals surface area contributed by atoms with Gasteiger partial charge in [0.15, 0.2) is 0 Å². The molecule has 1 saturated carbocycles. The molecular weight excluding hydrogens is 212 g/mol. The molecule has 1 fully saturated rings. The maximum atomic E-state index is 11.7. The van der Waals surface area contributed by atoms with Gasteiger partial charge >= 0.3 is 5.97 Å². The summed E-state index contributed by atoms with van der Waals surface area (Å²) in [5.41, 5.74) is 0. The van der Waals surface area contributed by atoms with E-state index in [4.69, 9.17) is 5.11 Å². The number of rotatable bonds is 4. The van der Waals surface area contributed by atoms with Gasteiger partial charge in [-0.2, -0.15) is 5.10 Å². The van der Waals surface area contributed by atoms with Crippen molar-refractivity contribution in [3.05, 3.63) is 12.2 Å². The van der Waals surface area contributed by atoms with E-state index in [0.717, 1.165) is 0 Å². The van der Waals surface area contributed by atoms with Gasteiger partial charge in [0.05, 0.1) is 18.4 Å². The van der Waals surface area contributed by atoms with Crippen LogP contribution >= 0.6 is 0 Å². The molecule has 0 aromatic carbocycles. The first-order chi connectivity index (χ1) is 7.59. The largest absolute Gasteiger partial charge is 0.481 e. The van der Waals surface area contributed by atoms with Crippen molar-refractivity contribution in [2.75, 3.05) is 7.05 Å². The number of nitrogens with one attached hydrogen (secondary N) is 1. The summed E-state index contributed by atoms with van der Waals surface area (Å²) in [6.45, 7) is 0.321. The monoisotopic (exact) mass is 224 g/mol. The molecule has 2 atom stereocenters. The molecule has 0 radical (unpaired) electrons. The fourth-order valence-corrected chi connectivity index (χ4v) is 1.63. The summed E-state index contributed by atoms with van der Waals surface area (Å²) in [6.07, 6.45) is 1.81. The van der Waals surface area contributed by atoms with Crippen LogP contribution in [0.1, 0.15) is 12.2 Å². The Morgan fingerprint density at radius 3 is 2.88 bits per heavy atom. The second-order valence-corrected chi connectivity index (χ2v) is 3.91. The minimum absolute atomic E-state index is 0.149. The SMILES string of the molecule is CN(Cc1ncn[nH]1)C(=O)[C@@H]1C[C@@H]1C(=O)O. The maximum Gasteiger partial charge on any atom is 0.307 e. The molecule has 86 valence electrons. The van der Waals surface area contributed by atoms with E-state index in [1.165, 1.54) is 11.2 Å². The van der Waals surface area contributed by atoms with Crippen molar-refractivity contribution in [3.63, 3.8) is 0 Å². The molecule has 0 spiro atoms. The van der Waals surface area contributed by atoms with E-state index in [0.29, 0.717) is 18.8 Å². The minimum Gasteiger partial charge on any atom is -0.481 e. The van der Waals surface area contributed by atoms with Crippen LogP contribution in [0.3, 0.4) is 0 Å². The van der Waals surface area contributed by atoms with E-state index >= 15 is 0 Å². The van der Waals surface area contributed by atoms with Gasteiger partial charge in [0.25, 0.3) is 0 Å². The average molecular weight is 224 g/mol. The van der Waals surface area contributed by atoms with E-state index in [1.807, 2.05) is 0 Å². The first kappa shape index (κ1) is 10.6. The van der Waals surface area contributed by atoms with Gasteiger partial charge in [-0.15, -0.1) is 0 Å². The molecule has 16 heavy (non-hydrogen) atoms. The van der Waals surface area contributed by atoms with Crippen LogP contribution in [0.25, 0.3) is 0 Å². The van der Waals surface area contributed by atoms with E-state index in [9.17, 15) is 9.59 Å². The molecule has 7 heteroatoms. The van der Waals surface area contributed by atoms with Gasteiger partial charge in [-0.1, -0.05) is 0 Å². The number of hydrogen-bond donors (Lipinski definition) is 2. The first-order valence-corrected chi connectivity index (χ1v) is 4.91. The van der Waals surface area contributed by atoms with E-state index < -0.39 is 11.9 Å². The summed E-state index contributed by atoms with van der Waals surface area (Å²) in [7, 11) is 1.63. The highest BCUT2D eigenvalue weighted by Crippen LogP contribution is 2.39. The number of H-pyrrole nitrogens is 1. The van der Waals surface area contributed by atoms with Crippen molar-refractivity contribution in [2.24, 2.45) is 11.8 Å². The summed E-state index contributed by atoms with van der Waals surface area (Å²) in [5, 5.41) is 15.0. The number of carboxylic acids is 1. The number of amides is 1. The molecule has 2 rings (SSSR count). The minimum atomic E-state index is -0.897. The van der Waals surface area contributed by atoms with Crippen LogP contribution in [0.5, 0.6) is 0 Å². The van der Waals surface area contributed by atoms with Crippen LogP contribution in [0, 0.1) is 11.8 Å². The molecule has 0 bridgehead atoms. The fraction of sp³-hybridized carbons (Fsp3) is 0.556. The van der Waals surface area contributed by atoms with Crippen molar-refractivity contribution < 1.29 is 14.7 Å². The third-order valence-electron chi connectivity index (χ3n) is 2.65. The number of hydrogen-bond acceptors (Lipinski definition) is 4. The highest BCUT2D eigenvalue weighted by Gasteiger charge is 2.49. The Hall–Kier alpha value is -1.92. The standard InChI is InChI=1S/C9H12N4O3/c1-13(3-7-10-4-11-12-7)8(14)5-2-6(5)9(15)16/h4-6H,2-3H2,1H3,(H,15,16)(H,10,11,12)/t5-,6+/m1/s1. The predicted molar refractivity (Wildman–Crippen MR) is 52.1 cm³/mol. The summed E-state index contributed by atoms with van der Waals surface area (Å²) >= 11 is 0. The Kier molecular flexibility index (Phi) is 2.59. The first-order valence-electron chi connectivity index (χ1n) is 4.91. The number of aromatic nitrogens is 3. The van der Waals surface area contributed by atoms with Gasteiger partial charge in [-0.25, -0.2) is 4.98 Å². The van der Waals surface area contributed by atoms with Gasteiger partial charge in [0, 0.05) is 7.05 Å². The molecule has 1 aromatic rings. The normalized spacial score (nSPS) is 22.8. The van der Waals surface area contributed by atoms with Crippen LogP contribution < -0.4 is 0 Å². The van der Waals surface area contributed by atoms with E-state index in [-0.39, 0.29) is 11.8 Å². The number of carboxylic acid groups (broad SMARTS) is 1. The fourth-order valence-electron chi connectivity index (χ4n) is 1.63. The molecule has 1 aliphatic carbocycles. The molecule has 0 unspecified atom stereocenters. The molecule has 1 aliphatic rings. The quantitative estimate of drug-likeness (QED) is 0.717. The zero-order valence-corrected chi connectivity index (χ0v) is 8.75. The smallest absolute Gasteiger partial charge is 0.307 e. The Morgan fingerprint density at radius 2 is 2.38 bits per heavy atom. The molecule has 7 nitrogen and oxygen atoms in total. The van der Waals surface area contributed by atoms with Crippen molar-refractivity contribution in [2.45, 2.75) is 13.0 Å². The third kappa shape index (κ3) is 2.02. The summed E-state index contributed by atoms with van der Waals surface area (Å²) in [5.74, 6) is -1.34. The summed E-state index contributed by atoms with van der Waals surface area (Å²) < 4.78 is 0. The Bertz CT molecular complexity index is 403. The number of aromatic amines is 1. The number of carbonyl (C=O) groups is 2.